The first-order valence-electron chi connectivity index (χ1n) is 9.06. The van der Waals surface area contributed by atoms with E-state index in [-0.39, 0.29) is 12.1 Å². The van der Waals surface area contributed by atoms with Gasteiger partial charge in [0, 0.05) is 15.8 Å². The van der Waals surface area contributed by atoms with Crippen LogP contribution in [0.25, 0.3) is 10.9 Å². The SMILES string of the molecule is Cc1cccc2c(=O)n(CC(=O)Nc3nnc(SCc4c(Cl)cccc4Cl)s3)cnc12. The average Bonchev–Trinajstić information content (AvgIpc) is 3.17. The quantitative estimate of drug-likeness (QED) is 0.307. The largest absolute Gasteiger partial charge is 0.299 e. The van der Waals surface area contributed by atoms with Crippen molar-refractivity contribution in [1.29, 1.82) is 0 Å². The third-order valence-corrected chi connectivity index (χ3v) is 7.13. The van der Waals surface area contributed by atoms with Crippen LogP contribution in [0.1, 0.15) is 11.1 Å². The maximum absolute atomic E-state index is 12.6. The molecule has 0 aliphatic rings. The molecule has 2 aromatic carbocycles. The molecule has 0 saturated carbocycles. The molecule has 2 heterocycles. The number of rotatable bonds is 6. The van der Waals surface area contributed by atoms with Gasteiger partial charge in [0.1, 0.15) is 6.54 Å². The molecule has 0 atom stereocenters. The molecule has 11 heteroatoms. The van der Waals surface area contributed by atoms with Gasteiger partial charge in [-0.05, 0) is 36.2 Å². The van der Waals surface area contributed by atoms with E-state index in [1.165, 1.54) is 34.0 Å². The van der Waals surface area contributed by atoms with Gasteiger partial charge in [0.25, 0.3) is 5.56 Å². The van der Waals surface area contributed by atoms with Gasteiger partial charge in [-0.2, -0.15) is 0 Å². The highest BCUT2D eigenvalue weighted by Gasteiger charge is 2.13. The van der Waals surface area contributed by atoms with Crippen LogP contribution in [0.2, 0.25) is 10.0 Å². The molecular weight excluding hydrogens is 477 g/mol. The average molecular weight is 492 g/mol. The molecule has 1 amide bonds. The van der Waals surface area contributed by atoms with Crippen LogP contribution in [0, 0.1) is 6.92 Å². The number of halogens is 2. The molecule has 0 fully saturated rings. The molecule has 0 radical (unpaired) electrons. The van der Waals surface area contributed by atoms with E-state index in [0.717, 1.165) is 11.1 Å². The third-order valence-electron chi connectivity index (χ3n) is 4.42. The van der Waals surface area contributed by atoms with Gasteiger partial charge in [0.05, 0.1) is 17.2 Å². The molecule has 2 aromatic heterocycles. The summed E-state index contributed by atoms with van der Waals surface area (Å²) >= 11 is 15.0. The van der Waals surface area contributed by atoms with Crippen molar-refractivity contribution in [3.05, 3.63) is 74.3 Å². The second-order valence-corrected chi connectivity index (χ2v) is 9.57. The highest BCUT2D eigenvalue weighted by atomic mass is 35.5. The summed E-state index contributed by atoms with van der Waals surface area (Å²) in [5.74, 6) is 0.135. The molecule has 158 valence electrons. The molecule has 0 bridgehead atoms. The van der Waals surface area contributed by atoms with Crippen LogP contribution >= 0.6 is 46.3 Å². The number of amides is 1. The summed E-state index contributed by atoms with van der Waals surface area (Å²) in [6.45, 7) is 1.71. The number of aryl methyl sites for hydroxylation is 1. The van der Waals surface area contributed by atoms with E-state index < -0.39 is 5.91 Å². The molecule has 7 nitrogen and oxygen atoms in total. The van der Waals surface area contributed by atoms with Gasteiger partial charge in [-0.3, -0.25) is 19.5 Å². The number of para-hydroxylation sites is 1. The van der Waals surface area contributed by atoms with E-state index in [1.54, 1.807) is 30.3 Å². The number of carbonyl (C=O) groups is 1. The molecule has 0 aliphatic heterocycles. The maximum Gasteiger partial charge on any atom is 0.261 e. The zero-order chi connectivity index (χ0) is 22.0. The molecule has 4 rings (SSSR count). The van der Waals surface area contributed by atoms with Crippen molar-refractivity contribution in [3.63, 3.8) is 0 Å². The number of hydrogen-bond acceptors (Lipinski definition) is 7. The fourth-order valence-corrected chi connectivity index (χ4v) is 5.40. The lowest BCUT2D eigenvalue weighted by Gasteiger charge is -2.07. The van der Waals surface area contributed by atoms with E-state index in [0.29, 0.717) is 36.2 Å². The number of thioether (sulfide) groups is 1. The number of aromatic nitrogens is 4. The lowest BCUT2D eigenvalue weighted by atomic mass is 10.1. The number of anilines is 1. The number of nitrogens with zero attached hydrogens (tertiary/aromatic N) is 4. The van der Waals surface area contributed by atoms with Crippen molar-refractivity contribution in [2.75, 3.05) is 5.32 Å². The third kappa shape index (κ3) is 4.90. The number of carbonyl (C=O) groups excluding carboxylic acids is 1. The van der Waals surface area contributed by atoms with E-state index in [4.69, 9.17) is 23.2 Å². The Morgan fingerprint density at radius 2 is 1.90 bits per heavy atom. The van der Waals surface area contributed by atoms with Gasteiger partial charge in [-0.15, -0.1) is 10.2 Å². The Hall–Kier alpha value is -2.46. The van der Waals surface area contributed by atoms with Crippen molar-refractivity contribution in [3.8, 4) is 0 Å². The van der Waals surface area contributed by atoms with Crippen LogP contribution in [0.15, 0.2) is 51.9 Å². The number of benzene rings is 2. The Bertz CT molecular complexity index is 1320. The molecule has 0 aliphatic carbocycles. The first kappa shape index (κ1) is 21.8. The molecule has 0 unspecified atom stereocenters. The minimum absolute atomic E-state index is 0.174. The normalized spacial score (nSPS) is 11.1. The highest BCUT2D eigenvalue weighted by Crippen LogP contribution is 2.33. The van der Waals surface area contributed by atoms with Gasteiger partial charge in [0.15, 0.2) is 4.34 Å². The van der Waals surface area contributed by atoms with Crippen LogP contribution in [0.3, 0.4) is 0 Å². The smallest absolute Gasteiger partial charge is 0.261 e. The number of nitrogens with one attached hydrogen (secondary N) is 1. The van der Waals surface area contributed by atoms with Gasteiger partial charge in [0.2, 0.25) is 11.0 Å². The lowest BCUT2D eigenvalue weighted by molar-refractivity contribution is -0.116. The first-order chi connectivity index (χ1) is 14.9. The Kier molecular flexibility index (Phi) is 6.57. The summed E-state index contributed by atoms with van der Waals surface area (Å²) in [6, 6.07) is 10.7. The maximum atomic E-state index is 12.6. The zero-order valence-corrected chi connectivity index (χ0v) is 19.3. The highest BCUT2D eigenvalue weighted by molar-refractivity contribution is 8.00. The molecule has 1 N–H and O–H groups in total. The summed E-state index contributed by atoms with van der Waals surface area (Å²) in [6.07, 6.45) is 1.38. The van der Waals surface area contributed by atoms with Crippen LogP contribution in [-0.4, -0.2) is 25.7 Å². The molecule has 0 saturated heterocycles. The Labute approximate surface area is 195 Å². The van der Waals surface area contributed by atoms with Crippen LogP contribution in [0.5, 0.6) is 0 Å². The van der Waals surface area contributed by atoms with Crippen LogP contribution in [-0.2, 0) is 17.1 Å². The Morgan fingerprint density at radius 1 is 1.16 bits per heavy atom. The van der Waals surface area contributed by atoms with Crippen LogP contribution < -0.4 is 10.9 Å². The van der Waals surface area contributed by atoms with Crippen molar-refractivity contribution >= 4 is 68.2 Å². The predicted octanol–water partition coefficient (Wildman–Crippen LogP) is 4.79. The van der Waals surface area contributed by atoms with Gasteiger partial charge in [-0.1, -0.05) is 64.5 Å². The van der Waals surface area contributed by atoms with E-state index in [9.17, 15) is 9.59 Å². The monoisotopic (exact) mass is 491 g/mol. The number of hydrogen-bond donors (Lipinski definition) is 1. The van der Waals surface area contributed by atoms with Crippen molar-refractivity contribution in [2.45, 2.75) is 23.6 Å². The van der Waals surface area contributed by atoms with Gasteiger partial charge < -0.3 is 0 Å². The lowest BCUT2D eigenvalue weighted by Crippen LogP contribution is -2.28. The fourth-order valence-electron chi connectivity index (χ4n) is 2.89. The fraction of sp³-hybridized carbons (Fsp3) is 0.150. The predicted molar refractivity (Wildman–Crippen MR) is 125 cm³/mol. The second kappa shape index (κ2) is 9.35. The van der Waals surface area contributed by atoms with E-state index >= 15 is 0 Å². The molecule has 0 spiro atoms. The Balaban J connectivity index is 1.41. The second-order valence-electron chi connectivity index (χ2n) is 6.56. The summed E-state index contributed by atoms with van der Waals surface area (Å²) in [5.41, 5.74) is 2.08. The standard InChI is InChI=1S/C20H15Cl2N5O2S2/c1-11-4-2-5-12-17(11)23-10-27(18(12)29)8-16(28)24-19-25-26-20(31-19)30-9-13-14(21)6-3-7-15(13)22/h2-7,10H,8-9H2,1H3,(H,24,25,28). The molecular formula is C20H15Cl2N5O2S2. The summed E-state index contributed by atoms with van der Waals surface area (Å²) in [7, 11) is 0. The van der Waals surface area contributed by atoms with Crippen molar-refractivity contribution in [2.24, 2.45) is 0 Å². The topological polar surface area (TPSA) is 89.8 Å². The number of fused-ring (bicyclic) bond motifs is 1. The molecule has 31 heavy (non-hydrogen) atoms. The van der Waals surface area contributed by atoms with Gasteiger partial charge in [-0.25, -0.2) is 4.98 Å². The zero-order valence-electron chi connectivity index (χ0n) is 16.1. The summed E-state index contributed by atoms with van der Waals surface area (Å²) in [5, 5.41) is 12.7. The van der Waals surface area contributed by atoms with Crippen LogP contribution in [0.4, 0.5) is 5.13 Å². The minimum atomic E-state index is -0.391. The van der Waals surface area contributed by atoms with Crippen molar-refractivity contribution in [1.82, 2.24) is 19.7 Å². The van der Waals surface area contributed by atoms with E-state index in [1.807, 2.05) is 13.0 Å². The summed E-state index contributed by atoms with van der Waals surface area (Å²) < 4.78 is 1.93. The first-order valence-corrected chi connectivity index (χ1v) is 11.6. The molecule has 4 aromatic rings. The minimum Gasteiger partial charge on any atom is -0.299 e. The van der Waals surface area contributed by atoms with Crippen molar-refractivity contribution < 1.29 is 4.79 Å². The Morgan fingerprint density at radius 3 is 2.68 bits per heavy atom. The van der Waals surface area contributed by atoms with E-state index in [2.05, 4.69) is 20.5 Å². The summed E-state index contributed by atoms with van der Waals surface area (Å²) in [4.78, 5) is 29.4. The van der Waals surface area contributed by atoms with Gasteiger partial charge >= 0.3 is 0 Å².